The van der Waals surface area contributed by atoms with Crippen LogP contribution in [-0.2, 0) is 29.1 Å². The predicted octanol–water partition coefficient (Wildman–Crippen LogP) is -4.25. The molecule has 13 heteroatoms. The van der Waals surface area contributed by atoms with Crippen molar-refractivity contribution < 1.29 is 48.9 Å². The van der Waals surface area contributed by atoms with Crippen LogP contribution in [0.1, 0.15) is 20.7 Å². The van der Waals surface area contributed by atoms with E-state index in [1.54, 1.807) is 36.7 Å². The zero-order valence-electron chi connectivity index (χ0n) is 15.4. The van der Waals surface area contributed by atoms with Gasteiger partial charge in [-0.15, -0.1) is 0 Å². The summed E-state index contributed by atoms with van der Waals surface area (Å²) in [7, 11) is 0. The first-order valence-electron chi connectivity index (χ1n) is 7.35. The Balaban J connectivity index is -0.000000321. The number of pyridine rings is 2. The molecular formula is C16H20N6O6Zn. The fourth-order valence-electron chi connectivity index (χ4n) is 1.02. The van der Waals surface area contributed by atoms with Crippen molar-refractivity contribution in [3.8, 4) is 0 Å². The number of carboxylic acids is 2. The number of aliphatic carboxylic acids is 2. The average Bonchev–Trinajstić information content (AvgIpc) is 2.70. The van der Waals surface area contributed by atoms with Crippen molar-refractivity contribution in [3.63, 3.8) is 0 Å². The Bertz CT molecular complexity index is 670. The molecule has 2 heterocycles. The van der Waals surface area contributed by atoms with Crippen LogP contribution in [-0.4, -0.2) is 46.8 Å². The van der Waals surface area contributed by atoms with Gasteiger partial charge in [0, 0.05) is 37.9 Å². The van der Waals surface area contributed by atoms with E-state index in [1.807, 2.05) is 0 Å². The molecule has 0 bridgehead atoms. The van der Waals surface area contributed by atoms with Gasteiger partial charge in [-0.1, -0.05) is 0 Å². The molecule has 0 saturated carbocycles. The third-order valence-electron chi connectivity index (χ3n) is 2.23. The first kappa shape index (κ1) is 30.5. The molecule has 0 aliphatic carbocycles. The minimum Gasteiger partial charge on any atom is -0.549 e. The van der Waals surface area contributed by atoms with Crippen LogP contribution < -0.4 is 33.1 Å². The molecule has 2 aromatic heterocycles. The van der Waals surface area contributed by atoms with E-state index in [0.717, 1.165) is 0 Å². The van der Waals surface area contributed by atoms with Gasteiger partial charge < -0.3 is 42.7 Å². The van der Waals surface area contributed by atoms with E-state index >= 15 is 0 Å². The van der Waals surface area contributed by atoms with E-state index < -0.39 is 23.8 Å². The van der Waals surface area contributed by atoms with Crippen LogP contribution in [0.25, 0.3) is 0 Å². The van der Waals surface area contributed by atoms with Gasteiger partial charge in [0.05, 0.1) is 23.1 Å². The standard InChI is InChI=1S/2C6H6N2O.2C2H5NO2.Zn/c2*7-6(9)5-2-1-3-8-4-5;2*3-1-2(4)5;/h2*1-4H,(H2,7,9);2*1,3H2,(H,4,5);/q;;;;+2/p-2. The van der Waals surface area contributed by atoms with Crippen LogP contribution in [0.3, 0.4) is 0 Å². The van der Waals surface area contributed by atoms with Crippen molar-refractivity contribution >= 4 is 23.8 Å². The Morgan fingerprint density at radius 3 is 1.14 bits per heavy atom. The van der Waals surface area contributed by atoms with Gasteiger partial charge >= 0.3 is 19.5 Å². The summed E-state index contributed by atoms with van der Waals surface area (Å²) >= 11 is 0. The van der Waals surface area contributed by atoms with E-state index in [-0.39, 0.29) is 32.6 Å². The molecule has 2 rings (SSSR count). The molecular weight excluding hydrogens is 438 g/mol. The molecule has 0 saturated heterocycles. The smallest absolute Gasteiger partial charge is 0.549 e. The number of hydrogen-bond donors (Lipinski definition) is 4. The number of carbonyl (C=O) groups excluding carboxylic acids is 4. The quantitative estimate of drug-likeness (QED) is 0.322. The minimum absolute atomic E-state index is 0. The van der Waals surface area contributed by atoms with Gasteiger partial charge in [0.1, 0.15) is 0 Å². The van der Waals surface area contributed by atoms with E-state index in [2.05, 4.69) is 21.4 Å². The van der Waals surface area contributed by atoms with E-state index in [0.29, 0.717) is 11.1 Å². The normalized spacial score (nSPS) is 8.07. The predicted molar refractivity (Wildman–Crippen MR) is 93.6 cm³/mol. The van der Waals surface area contributed by atoms with Crippen LogP contribution in [0, 0.1) is 0 Å². The summed E-state index contributed by atoms with van der Waals surface area (Å²) in [5, 5.41) is 18.3. The van der Waals surface area contributed by atoms with Gasteiger partial charge in [-0.2, -0.15) is 0 Å². The molecule has 0 spiro atoms. The SMILES string of the molecule is NC(=O)c1cccnc1.NC(=O)c1cccnc1.NCC(=O)[O-].NCC(=O)[O-].[Zn+2]. The average molecular weight is 458 g/mol. The Morgan fingerprint density at radius 1 is 0.759 bits per heavy atom. The van der Waals surface area contributed by atoms with Crippen molar-refractivity contribution in [1.29, 1.82) is 0 Å². The Hall–Kier alpha value is -3.28. The van der Waals surface area contributed by atoms with Crippen molar-refractivity contribution in [2.75, 3.05) is 13.1 Å². The van der Waals surface area contributed by atoms with E-state index in [9.17, 15) is 9.59 Å². The number of rotatable bonds is 4. The fraction of sp³-hybridized carbons (Fsp3) is 0.125. The summed E-state index contributed by atoms with van der Waals surface area (Å²) < 4.78 is 0. The van der Waals surface area contributed by atoms with Crippen molar-refractivity contribution in [1.82, 2.24) is 9.97 Å². The first-order valence-corrected chi connectivity index (χ1v) is 7.35. The molecule has 0 fully saturated rings. The zero-order valence-corrected chi connectivity index (χ0v) is 18.4. The molecule has 12 nitrogen and oxygen atoms in total. The molecule has 0 aliphatic rings. The summed E-state index contributed by atoms with van der Waals surface area (Å²) in [5.74, 6) is -3.32. The zero-order chi connectivity index (χ0) is 21.9. The Kier molecular flexibility index (Phi) is 20.5. The second-order valence-electron chi connectivity index (χ2n) is 4.36. The number of primary amides is 2. The van der Waals surface area contributed by atoms with Crippen LogP contribution >= 0.6 is 0 Å². The number of carbonyl (C=O) groups is 4. The maximum atomic E-state index is 10.4. The van der Waals surface area contributed by atoms with Gasteiger partial charge in [0.25, 0.3) is 0 Å². The second kappa shape index (κ2) is 19.5. The molecule has 152 valence electrons. The number of carboxylic acid groups (broad SMARTS) is 2. The van der Waals surface area contributed by atoms with Gasteiger partial charge in [0.15, 0.2) is 0 Å². The Morgan fingerprint density at radius 2 is 1.03 bits per heavy atom. The van der Waals surface area contributed by atoms with Gasteiger partial charge in [-0.05, 0) is 24.3 Å². The van der Waals surface area contributed by atoms with Crippen molar-refractivity contribution in [3.05, 3.63) is 60.2 Å². The summed E-state index contributed by atoms with van der Waals surface area (Å²) in [6.07, 6.45) is 6.05. The third-order valence-corrected chi connectivity index (χ3v) is 2.23. The van der Waals surface area contributed by atoms with Gasteiger partial charge in [0.2, 0.25) is 11.8 Å². The monoisotopic (exact) mass is 456 g/mol. The number of amides is 2. The maximum absolute atomic E-state index is 10.4. The van der Waals surface area contributed by atoms with E-state index in [1.165, 1.54) is 12.4 Å². The largest absolute Gasteiger partial charge is 2.00 e. The summed E-state index contributed by atoms with van der Waals surface area (Å²) in [6, 6.07) is 6.57. The summed E-state index contributed by atoms with van der Waals surface area (Å²) in [4.78, 5) is 46.4. The van der Waals surface area contributed by atoms with Crippen molar-refractivity contribution in [2.24, 2.45) is 22.9 Å². The summed E-state index contributed by atoms with van der Waals surface area (Å²) in [5.41, 5.74) is 19.8. The number of nitrogens with zero attached hydrogens (tertiary/aromatic N) is 2. The fourth-order valence-corrected chi connectivity index (χ4v) is 1.02. The summed E-state index contributed by atoms with van der Waals surface area (Å²) in [6.45, 7) is -0.778. The molecule has 0 aromatic carbocycles. The topological polar surface area (TPSA) is 244 Å². The Labute approximate surface area is 179 Å². The van der Waals surface area contributed by atoms with Crippen molar-refractivity contribution in [2.45, 2.75) is 0 Å². The molecule has 29 heavy (non-hydrogen) atoms. The molecule has 2 aromatic rings. The molecule has 0 aliphatic heterocycles. The maximum Gasteiger partial charge on any atom is 2.00 e. The second-order valence-corrected chi connectivity index (χ2v) is 4.36. The third kappa shape index (κ3) is 20.9. The molecule has 0 unspecified atom stereocenters. The van der Waals surface area contributed by atoms with Crippen LogP contribution in [0.4, 0.5) is 0 Å². The molecule has 0 atom stereocenters. The van der Waals surface area contributed by atoms with E-state index in [4.69, 9.17) is 31.3 Å². The first-order chi connectivity index (χ1) is 13.1. The molecule has 0 radical (unpaired) electrons. The number of aromatic nitrogens is 2. The van der Waals surface area contributed by atoms with Crippen LogP contribution in [0.5, 0.6) is 0 Å². The number of nitrogens with two attached hydrogens (primary N) is 4. The minimum atomic E-state index is -1.22. The van der Waals surface area contributed by atoms with Gasteiger partial charge in [-0.25, -0.2) is 0 Å². The van der Waals surface area contributed by atoms with Crippen LogP contribution in [0.2, 0.25) is 0 Å². The van der Waals surface area contributed by atoms with Gasteiger partial charge in [-0.3, -0.25) is 19.6 Å². The van der Waals surface area contributed by atoms with Crippen LogP contribution in [0.15, 0.2) is 49.1 Å². The number of hydrogen-bond acceptors (Lipinski definition) is 10. The molecule has 2 amide bonds. The molecule has 8 N–H and O–H groups in total.